The van der Waals surface area contributed by atoms with E-state index < -0.39 is 29.1 Å². The van der Waals surface area contributed by atoms with E-state index in [1.807, 2.05) is 0 Å². The van der Waals surface area contributed by atoms with Crippen molar-refractivity contribution < 1.29 is 18.4 Å². The Hall–Kier alpha value is -3.51. The molecule has 0 saturated carbocycles. The van der Waals surface area contributed by atoms with Gasteiger partial charge in [-0.05, 0) is 48.4 Å². The van der Waals surface area contributed by atoms with Crippen LogP contribution in [0, 0.1) is 18.6 Å². The number of rotatable bonds is 4. The smallest absolute Gasteiger partial charge is 0.282 e. The van der Waals surface area contributed by atoms with E-state index in [0.29, 0.717) is 21.2 Å². The zero-order valence-corrected chi connectivity index (χ0v) is 16.5. The van der Waals surface area contributed by atoms with E-state index >= 15 is 0 Å². The Bertz CT molecular complexity index is 1210. The number of hydrogen-bond acceptors (Lipinski definition) is 3. The number of hydrogen-bond donors (Lipinski definition) is 1. The van der Waals surface area contributed by atoms with E-state index in [1.54, 1.807) is 55.5 Å². The summed E-state index contributed by atoms with van der Waals surface area (Å²) in [7, 11) is 0. The highest BCUT2D eigenvalue weighted by Crippen LogP contribution is 2.35. The van der Waals surface area contributed by atoms with Gasteiger partial charge in [0.1, 0.15) is 17.3 Å². The minimum atomic E-state index is -0.880. The first-order chi connectivity index (χ1) is 14.4. The van der Waals surface area contributed by atoms with Crippen molar-refractivity contribution in [1.29, 1.82) is 0 Å². The predicted octanol–water partition coefficient (Wildman–Crippen LogP) is 5.32. The number of carbonyl (C=O) groups excluding carboxylic acids is 2. The fourth-order valence-electron chi connectivity index (χ4n) is 3.30. The van der Waals surface area contributed by atoms with Gasteiger partial charge in [0.15, 0.2) is 0 Å². The van der Waals surface area contributed by atoms with Crippen LogP contribution in [0.4, 0.5) is 20.2 Å². The van der Waals surface area contributed by atoms with Crippen LogP contribution in [0.15, 0.2) is 72.4 Å². The molecule has 0 bridgehead atoms. The Morgan fingerprint density at radius 1 is 0.900 bits per heavy atom. The second-order valence-electron chi connectivity index (χ2n) is 6.74. The minimum absolute atomic E-state index is 0.0275. The fraction of sp³-hybridized carbons (Fsp3) is 0.0435. The molecule has 2 amide bonds. The Kier molecular flexibility index (Phi) is 5.10. The molecule has 1 heterocycles. The molecule has 3 aromatic rings. The number of nitrogens with one attached hydrogen (secondary N) is 1. The molecule has 0 aromatic heterocycles. The maximum Gasteiger partial charge on any atom is 0.282 e. The van der Waals surface area contributed by atoms with Gasteiger partial charge in [-0.15, -0.1) is 0 Å². The number of aryl methyl sites for hydroxylation is 1. The summed E-state index contributed by atoms with van der Waals surface area (Å²) in [5.74, 6) is -3.17. The summed E-state index contributed by atoms with van der Waals surface area (Å²) >= 11 is 6.00. The second kappa shape index (κ2) is 7.72. The van der Waals surface area contributed by atoms with Crippen molar-refractivity contribution in [1.82, 2.24) is 0 Å². The quantitative estimate of drug-likeness (QED) is 0.576. The van der Waals surface area contributed by atoms with Crippen molar-refractivity contribution >= 4 is 40.4 Å². The standard InChI is InChI=1S/C23H15ClF2N2O2/c1-13-11-15(24)7-10-18(13)27-21-20(14-5-3-2-4-6-14)22(29)28(23(21)30)19-12-16(25)8-9-17(19)26/h2-12,27H,1H3. The summed E-state index contributed by atoms with van der Waals surface area (Å²) in [4.78, 5) is 27.1. The molecule has 150 valence electrons. The third-order valence-electron chi connectivity index (χ3n) is 4.74. The number of carbonyl (C=O) groups is 2. The van der Waals surface area contributed by atoms with Crippen molar-refractivity contribution in [2.24, 2.45) is 0 Å². The van der Waals surface area contributed by atoms with Gasteiger partial charge < -0.3 is 5.32 Å². The Morgan fingerprint density at radius 3 is 2.33 bits per heavy atom. The number of anilines is 2. The van der Waals surface area contributed by atoms with E-state index in [9.17, 15) is 18.4 Å². The predicted molar refractivity (Wildman–Crippen MR) is 112 cm³/mol. The van der Waals surface area contributed by atoms with E-state index in [4.69, 9.17) is 11.6 Å². The molecular formula is C23H15ClF2N2O2. The third kappa shape index (κ3) is 3.46. The summed E-state index contributed by atoms with van der Waals surface area (Å²) in [6.45, 7) is 1.79. The lowest BCUT2D eigenvalue weighted by Gasteiger charge is -2.16. The maximum absolute atomic E-state index is 14.4. The number of benzene rings is 3. The molecule has 0 saturated heterocycles. The summed E-state index contributed by atoms with van der Waals surface area (Å²) in [5, 5.41) is 3.51. The molecule has 1 aliphatic heterocycles. The molecule has 0 atom stereocenters. The number of nitrogens with zero attached hydrogens (tertiary/aromatic N) is 1. The molecule has 0 radical (unpaired) electrons. The molecule has 1 N–H and O–H groups in total. The molecule has 4 rings (SSSR count). The van der Waals surface area contributed by atoms with E-state index in [0.717, 1.165) is 23.8 Å². The number of amides is 2. The van der Waals surface area contributed by atoms with E-state index in [-0.39, 0.29) is 11.3 Å². The van der Waals surface area contributed by atoms with Crippen molar-refractivity contribution in [2.45, 2.75) is 6.92 Å². The topological polar surface area (TPSA) is 49.4 Å². The number of imide groups is 1. The maximum atomic E-state index is 14.4. The zero-order valence-electron chi connectivity index (χ0n) is 15.7. The Balaban J connectivity index is 1.86. The second-order valence-corrected chi connectivity index (χ2v) is 7.18. The summed E-state index contributed by atoms with van der Waals surface area (Å²) < 4.78 is 28.1. The van der Waals surface area contributed by atoms with Gasteiger partial charge in [0, 0.05) is 16.8 Å². The zero-order chi connectivity index (χ0) is 21.4. The van der Waals surface area contributed by atoms with Crippen LogP contribution in [-0.2, 0) is 9.59 Å². The van der Waals surface area contributed by atoms with Crippen molar-refractivity contribution in [3.8, 4) is 0 Å². The molecule has 0 fully saturated rings. The van der Waals surface area contributed by atoms with Gasteiger partial charge in [0.25, 0.3) is 11.8 Å². The van der Waals surface area contributed by atoms with Gasteiger partial charge in [-0.1, -0.05) is 41.9 Å². The molecule has 7 heteroatoms. The Morgan fingerprint density at radius 2 is 1.63 bits per heavy atom. The molecular weight excluding hydrogens is 410 g/mol. The third-order valence-corrected chi connectivity index (χ3v) is 4.98. The molecule has 0 aliphatic carbocycles. The minimum Gasteiger partial charge on any atom is -0.350 e. The first kappa shape index (κ1) is 19.8. The van der Waals surface area contributed by atoms with Crippen LogP contribution in [-0.4, -0.2) is 11.8 Å². The van der Waals surface area contributed by atoms with E-state index in [1.165, 1.54) is 0 Å². The monoisotopic (exact) mass is 424 g/mol. The highest BCUT2D eigenvalue weighted by molar-refractivity contribution is 6.46. The van der Waals surface area contributed by atoms with Crippen molar-refractivity contribution in [2.75, 3.05) is 10.2 Å². The van der Waals surface area contributed by atoms with Crippen LogP contribution < -0.4 is 10.2 Å². The van der Waals surface area contributed by atoms with Gasteiger partial charge in [0.05, 0.1) is 11.3 Å². The molecule has 0 unspecified atom stereocenters. The average molecular weight is 425 g/mol. The molecule has 1 aliphatic rings. The number of halogens is 3. The molecule has 3 aromatic carbocycles. The summed E-state index contributed by atoms with van der Waals surface area (Å²) in [6.07, 6.45) is 0. The van der Waals surface area contributed by atoms with Crippen LogP contribution in [0.5, 0.6) is 0 Å². The SMILES string of the molecule is Cc1cc(Cl)ccc1NC1=C(c2ccccc2)C(=O)N(c2cc(F)ccc2F)C1=O. The largest absolute Gasteiger partial charge is 0.350 e. The highest BCUT2D eigenvalue weighted by atomic mass is 35.5. The van der Waals surface area contributed by atoms with Gasteiger partial charge in [-0.25, -0.2) is 13.7 Å². The lowest BCUT2D eigenvalue weighted by Crippen LogP contribution is -2.33. The molecule has 30 heavy (non-hydrogen) atoms. The van der Waals surface area contributed by atoms with E-state index in [2.05, 4.69) is 5.32 Å². The van der Waals surface area contributed by atoms with Crippen LogP contribution in [0.3, 0.4) is 0 Å². The van der Waals surface area contributed by atoms with Crippen LogP contribution in [0.2, 0.25) is 5.02 Å². The van der Waals surface area contributed by atoms with Crippen LogP contribution >= 0.6 is 11.6 Å². The summed E-state index contributed by atoms with van der Waals surface area (Å²) in [5.41, 5.74) is 1.38. The highest BCUT2D eigenvalue weighted by Gasteiger charge is 2.41. The van der Waals surface area contributed by atoms with Gasteiger partial charge in [-0.3, -0.25) is 9.59 Å². The molecule has 0 spiro atoms. The first-order valence-corrected chi connectivity index (χ1v) is 9.41. The van der Waals surface area contributed by atoms with Crippen LogP contribution in [0.1, 0.15) is 11.1 Å². The summed E-state index contributed by atoms with van der Waals surface area (Å²) in [6, 6.07) is 16.2. The lowest BCUT2D eigenvalue weighted by molar-refractivity contribution is -0.120. The van der Waals surface area contributed by atoms with Crippen molar-refractivity contribution in [3.05, 3.63) is 100 Å². The first-order valence-electron chi connectivity index (χ1n) is 9.03. The van der Waals surface area contributed by atoms with Crippen LogP contribution in [0.25, 0.3) is 5.57 Å². The van der Waals surface area contributed by atoms with Gasteiger partial charge >= 0.3 is 0 Å². The van der Waals surface area contributed by atoms with Crippen molar-refractivity contribution in [3.63, 3.8) is 0 Å². The lowest BCUT2D eigenvalue weighted by atomic mass is 10.0. The normalized spacial score (nSPS) is 13.9. The fourth-order valence-corrected chi connectivity index (χ4v) is 3.52. The van der Waals surface area contributed by atoms with Gasteiger partial charge in [0.2, 0.25) is 0 Å². The van der Waals surface area contributed by atoms with Gasteiger partial charge in [-0.2, -0.15) is 0 Å². The average Bonchev–Trinajstić information content (AvgIpc) is 2.96. The molecule has 4 nitrogen and oxygen atoms in total. The Labute approximate surface area is 176 Å².